The molecule has 1 aromatic heterocycles. The summed E-state index contributed by atoms with van der Waals surface area (Å²) in [7, 11) is 0. The van der Waals surface area contributed by atoms with Crippen LogP contribution in [0, 0.1) is 10.1 Å². The summed E-state index contributed by atoms with van der Waals surface area (Å²) in [5.74, 6) is 0. The Balaban J connectivity index is 2.22. The van der Waals surface area contributed by atoms with Crippen molar-refractivity contribution in [3.05, 3.63) is 52.6 Å². The molecule has 16 heavy (non-hydrogen) atoms. The van der Waals surface area contributed by atoms with Gasteiger partial charge in [-0.2, -0.15) is 5.10 Å². The Hall–Kier alpha value is -2.57. The second-order valence-electron chi connectivity index (χ2n) is 2.91. The van der Waals surface area contributed by atoms with E-state index in [-0.39, 0.29) is 5.69 Å². The van der Waals surface area contributed by atoms with Crippen molar-refractivity contribution in [2.24, 2.45) is 5.10 Å². The molecule has 0 saturated carbocycles. The maximum absolute atomic E-state index is 10.5. The molecule has 0 unspecified atom stereocenters. The lowest BCUT2D eigenvalue weighted by Crippen LogP contribution is -1.92. The molecule has 0 atom stereocenters. The molecule has 2 aromatic rings. The molecule has 0 saturated heterocycles. The highest BCUT2D eigenvalue weighted by Gasteiger charge is 2.03. The van der Waals surface area contributed by atoms with Crippen molar-refractivity contribution in [1.82, 2.24) is 14.9 Å². The molecule has 0 aliphatic heterocycles. The van der Waals surface area contributed by atoms with Gasteiger partial charge in [0.05, 0.1) is 11.1 Å². The van der Waals surface area contributed by atoms with Gasteiger partial charge >= 0.3 is 0 Å². The first-order valence-corrected chi connectivity index (χ1v) is 4.39. The van der Waals surface area contributed by atoms with Crippen molar-refractivity contribution < 1.29 is 4.92 Å². The van der Waals surface area contributed by atoms with Crippen molar-refractivity contribution >= 4 is 11.9 Å². The van der Waals surface area contributed by atoms with Gasteiger partial charge in [0.2, 0.25) is 0 Å². The summed E-state index contributed by atoms with van der Waals surface area (Å²) in [5, 5.41) is 18.2. The molecular weight excluding hydrogens is 210 g/mol. The van der Waals surface area contributed by atoms with Gasteiger partial charge < -0.3 is 0 Å². The first-order valence-electron chi connectivity index (χ1n) is 4.39. The molecule has 0 bridgehead atoms. The molecule has 0 fully saturated rings. The van der Waals surface area contributed by atoms with Crippen LogP contribution in [0.1, 0.15) is 5.56 Å². The molecule has 0 aliphatic rings. The molecule has 2 rings (SSSR count). The number of benzene rings is 1. The fraction of sp³-hybridized carbons (Fsp3) is 0. The summed E-state index contributed by atoms with van der Waals surface area (Å²) in [5.41, 5.74) is 0.659. The van der Waals surface area contributed by atoms with Crippen LogP contribution in [0.2, 0.25) is 0 Å². The fourth-order valence-corrected chi connectivity index (χ4v) is 1.11. The summed E-state index contributed by atoms with van der Waals surface area (Å²) in [4.78, 5) is 15.0. The first kappa shape index (κ1) is 9.97. The number of nitro groups is 1. The highest BCUT2D eigenvalue weighted by atomic mass is 16.6. The van der Waals surface area contributed by atoms with Crippen LogP contribution in [-0.2, 0) is 0 Å². The van der Waals surface area contributed by atoms with Gasteiger partial charge in [-0.05, 0) is 0 Å². The third-order valence-electron chi connectivity index (χ3n) is 1.81. The van der Waals surface area contributed by atoms with Gasteiger partial charge in [0.1, 0.15) is 12.7 Å². The van der Waals surface area contributed by atoms with Crippen molar-refractivity contribution in [3.8, 4) is 0 Å². The van der Waals surface area contributed by atoms with Gasteiger partial charge in [-0.25, -0.2) is 4.98 Å². The smallest absolute Gasteiger partial charge is 0.258 e. The molecular formula is C9H7N5O2. The molecule has 0 aliphatic carbocycles. The van der Waals surface area contributed by atoms with Gasteiger partial charge in [-0.3, -0.25) is 10.1 Å². The second kappa shape index (κ2) is 4.30. The zero-order chi connectivity index (χ0) is 11.4. The van der Waals surface area contributed by atoms with Crippen LogP contribution in [0.25, 0.3) is 0 Å². The molecule has 0 amide bonds. The minimum absolute atomic E-state index is 0.0301. The van der Waals surface area contributed by atoms with E-state index >= 15 is 0 Å². The Kier molecular flexibility index (Phi) is 2.68. The molecule has 0 spiro atoms. The van der Waals surface area contributed by atoms with Crippen molar-refractivity contribution in [2.75, 3.05) is 0 Å². The lowest BCUT2D eigenvalue weighted by Gasteiger charge is -1.93. The molecule has 0 N–H and O–H groups in total. The lowest BCUT2D eigenvalue weighted by atomic mass is 10.2. The van der Waals surface area contributed by atoms with Crippen LogP contribution in [0.3, 0.4) is 0 Å². The van der Waals surface area contributed by atoms with Crippen LogP contribution < -0.4 is 0 Å². The molecule has 0 radical (unpaired) electrons. The predicted octanol–water partition coefficient (Wildman–Crippen LogP) is 1.07. The van der Waals surface area contributed by atoms with E-state index in [2.05, 4.69) is 15.2 Å². The number of hydrogen-bond acceptors (Lipinski definition) is 5. The fourth-order valence-electron chi connectivity index (χ4n) is 1.11. The Morgan fingerprint density at radius 2 is 2.38 bits per heavy atom. The molecule has 1 heterocycles. The maximum atomic E-state index is 10.5. The third-order valence-corrected chi connectivity index (χ3v) is 1.81. The van der Waals surface area contributed by atoms with Crippen molar-refractivity contribution in [2.45, 2.75) is 0 Å². The van der Waals surface area contributed by atoms with E-state index in [1.807, 2.05) is 0 Å². The Bertz CT molecular complexity index is 520. The minimum Gasteiger partial charge on any atom is -0.258 e. The Morgan fingerprint density at radius 1 is 1.50 bits per heavy atom. The standard InChI is InChI=1S/C9H7N5O2/c15-14(16)9-3-1-2-8(4-9)5-11-13-7-10-6-12-13/h1-7H. The van der Waals surface area contributed by atoms with Gasteiger partial charge in [-0.1, -0.05) is 12.1 Å². The molecule has 7 heteroatoms. The predicted molar refractivity (Wildman–Crippen MR) is 56.1 cm³/mol. The maximum Gasteiger partial charge on any atom is 0.270 e. The largest absolute Gasteiger partial charge is 0.270 e. The average molecular weight is 217 g/mol. The van der Waals surface area contributed by atoms with Crippen LogP contribution in [0.5, 0.6) is 0 Å². The summed E-state index contributed by atoms with van der Waals surface area (Å²) in [6.07, 6.45) is 4.25. The zero-order valence-electron chi connectivity index (χ0n) is 8.09. The monoisotopic (exact) mass is 217 g/mol. The van der Waals surface area contributed by atoms with E-state index in [9.17, 15) is 10.1 Å². The van der Waals surface area contributed by atoms with Gasteiger partial charge in [-0.15, -0.1) is 9.89 Å². The van der Waals surface area contributed by atoms with E-state index in [1.165, 1.54) is 35.8 Å². The average Bonchev–Trinajstić information content (AvgIpc) is 2.79. The van der Waals surface area contributed by atoms with Gasteiger partial charge in [0.25, 0.3) is 5.69 Å². The van der Waals surface area contributed by atoms with Crippen molar-refractivity contribution in [1.29, 1.82) is 0 Å². The number of non-ortho nitro benzene ring substituents is 1. The summed E-state index contributed by atoms with van der Waals surface area (Å²) in [6.45, 7) is 0. The quantitative estimate of drug-likeness (QED) is 0.437. The summed E-state index contributed by atoms with van der Waals surface area (Å²) >= 11 is 0. The minimum atomic E-state index is -0.452. The molecule has 80 valence electrons. The Labute approximate surface area is 90.2 Å². The lowest BCUT2D eigenvalue weighted by molar-refractivity contribution is -0.384. The highest BCUT2D eigenvalue weighted by molar-refractivity contribution is 5.80. The summed E-state index contributed by atoms with van der Waals surface area (Å²) in [6, 6.07) is 6.17. The number of nitro benzene ring substituents is 1. The second-order valence-corrected chi connectivity index (χ2v) is 2.91. The van der Waals surface area contributed by atoms with Crippen LogP contribution in [-0.4, -0.2) is 26.0 Å². The highest BCUT2D eigenvalue weighted by Crippen LogP contribution is 2.11. The first-order chi connectivity index (χ1) is 7.75. The van der Waals surface area contributed by atoms with Crippen molar-refractivity contribution in [3.63, 3.8) is 0 Å². The zero-order valence-corrected chi connectivity index (χ0v) is 8.09. The normalized spacial score (nSPS) is 10.8. The van der Waals surface area contributed by atoms with Gasteiger partial charge in [0, 0.05) is 17.7 Å². The summed E-state index contributed by atoms with van der Waals surface area (Å²) < 4.78 is 0. The Morgan fingerprint density at radius 3 is 3.06 bits per heavy atom. The molecule has 1 aromatic carbocycles. The van der Waals surface area contributed by atoms with Crippen LogP contribution in [0.15, 0.2) is 42.0 Å². The van der Waals surface area contributed by atoms with E-state index in [4.69, 9.17) is 0 Å². The number of rotatable bonds is 3. The number of hydrogen-bond donors (Lipinski definition) is 0. The van der Waals surface area contributed by atoms with Gasteiger partial charge in [0.15, 0.2) is 0 Å². The van der Waals surface area contributed by atoms with Crippen LogP contribution in [0.4, 0.5) is 5.69 Å². The van der Waals surface area contributed by atoms with Crippen LogP contribution >= 0.6 is 0 Å². The van der Waals surface area contributed by atoms with E-state index in [0.29, 0.717) is 5.56 Å². The van der Waals surface area contributed by atoms with E-state index < -0.39 is 4.92 Å². The van der Waals surface area contributed by atoms with E-state index in [0.717, 1.165) is 0 Å². The number of aromatic nitrogens is 3. The third kappa shape index (κ3) is 2.27. The van der Waals surface area contributed by atoms with E-state index in [1.54, 1.807) is 12.1 Å². The molecule has 7 nitrogen and oxygen atoms in total. The number of nitrogens with zero attached hydrogens (tertiary/aromatic N) is 5. The SMILES string of the molecule is O=[N+]([O-])c1cccc(C=Nn2cncn2)c1. The topological polar surface area (TPSA) is 86.2 Å².